The van der Waals surface area contributed by atoms with Crippen LogP contribution in [0.4, 0.5) is 0 Å². The fourth-order valence-corrected chi connectivity index (χ4v) is 4.60. The summed E-state index contributed by atoms with van der Waals surface area (Å²) in [6.45, 7) is 6.43. The summed E-state index contributed by atoms with van der Waals surface area (Å²) in [7, 11) is 0. The molecule has 3 heteroatoms. The number of benzene rings is 2. The normalized spacial score (nSPS) is 16.0. The zero-order valence-electron chi connectivity index (χ0n) is 15.6. The van der Waals surface area contributed by atoms with E-state index in [1.165, 1.54) is 22.3 Å². The third-order valence-electron chi connectivity index (χ3n) is 5.84. The third kappa shape index (κ3) is 4.05. The molecule has 1 unspecified atom stereocenters. The quantitative estimate of drug-likeness (QED) is 0.483. The molecule has 1 atom stereocenters. The minimum atomic E-state index is 0. The Labute approximate surface area is 190 Å². The first kappa shape index (κ1) is 24.0. The van der Waals surface area contributed by atoms with Crippen molar-refractivity contribution in [3.05, 3.63) is 96.1 Å². The van der Waals surface area contributed by atoms with Crippen LogP contribution in [0.15, 0.2) is 85.0 Å². The Morgan fingerprint density at radius 2 is 1.56 bits per heavy atom. The van der Waals surface area contributed by atoms with E-state index >= 15 is 0 Å². The summed E-state index contributed by atoms with van der Waals surface area (Å²) < 4.78 is 0. The average Bonchev–Trinajstić information content (AvgIpc) is 3.26. The smallest absolute Gasteiger partial charge is 1.00 e. The van der Waals surface area contributed by atoms with E-state index in [2.05, 4.69) is 86.3 Å². The molecule has 0 amide bonds. The van der Waals surface area contributed by atoms with Gasteiger partial charge in [0.25, 0.3) is 0 Å². The van der Waals surface area contributed by atoms with Gasteiger partial charge in [0.05, 0.1) is 0 Å². The van der Waals surface area contributed by atoms with Gasteiger partial charge in [0.15, 0.2) is 0 Å². The number of rotatable bonds is 5. The summed E-state index contributed by atoms with van der Waals surface area (Å²) in [5, 5.41) is 0. The molecule has 0 fully saturated rings. The van der Waals surface area contributed by atoms with Crippen LogP contribution in [0.25, 0.3) is 11.1 Å². The fraction of sp³-hybridized carbons (Fsp3) is 0.250. The molecule has 2 aliphatic rings. The van der Waals surface area contributed by atoms with Crippen molar-refractivity contribution in [2.24, 2.45) is 5.41 Å². The Balaban J connectivity index is 0.00000121. The Morgan fingerprint density at radius 1 is 1.00 bits per heavy atom. The Kier molecular flexibility index (Phi) is 8.83. The molecule has 0 aromatic heterocycles. The largest absolute Gasteiger partial charge is 2.00 e. The zero-order chi connectivity index (χ0) is 16.6. The molecule has 0 N–H and O–H groups in total. The Bertz CT molecular complexity index is 807. The van der Waals surface area contributed by atoms with E-state index in [0.717, 1.165) is 19.3 Å². The van der Waals surface area contributed by atoms with Crippen LogP contribution in [0.1, 0.15) is 43.2 Å². The number of hydrogen-bond donors (Lipinski definition) is 0. The van der Waals surface area contributed by atoms with Gasteiger partial charge in [-0.25, -0.2) is 0 Å². The van der Waals surface area contributed by atoms with Crippen molar-refractivity contribution in [2.45, 2.75) is 32.1 Å². The minimum Gasteiger partial charge on any atom is -1.00 e. The van der Waals surface area contributed by atoms with Crippen LogP contribution in [0, 0.1) is 5.41 Å². The molecule has 0 heterocycles. The fourth-order valence-electron chi connectivity index (χ4n) is 4.60. The summed E-state index contributed by atoms with van der Waals surface area (Å²) in [4.78, 5) is 0. The first-order valence-corrected chi connectivity index (χ1v) is 8.91. The number of halogens is 2. The monoisotopic (exact) mass is 430 g/mol. The standard InChI is InChI=1S/C24H24.2ClH.Ti/c1-3-4-17-24(2,18-11-5-6-12-18)23-21-15-9-7-13-19(21)20-14-8-10-16-22(20)23;;;/h3,5-11,13-16,23H,1,4,12,17H2,2H3;2*1H;/q;;;+2/p-2. The van der Waals surface area contributed by atoms with Gasteiger partial charge in [-0.2, -0.15) is 0 Å². The van der Waals surface area contributed by atoms with E-state index in [1.807, 2.05) is 0 Å². The summed E-state index contributed by atoms with van der Waals surface area (Å²) >= 11 is 0. The number of fused-ring (bicyclic) bond motifs is 3. The van der Waals surface area contributed by atoms with Crippen molar-refractivity contribution in [3.63, 3.8) is 0 Å². The van der Waals surface area contributed by atoms with Gasteiger partial charge in [-0.15, -0.1) is 6.58 Å². The summed E-state index contributed by atoms with van der Waals surface area (Å²) in [6, 6.07) is 17.9. The van der Waals surface area contributed by atoms with Gasteiger partial charge >= 0.3 is 21.7 Å². The van der Waals surface area contributed by atoms with E-state index in [-0.39, 0.29) is 51.9 Å². The van der Waals surface area contributed by atoms with Crippen molar-refractivity contribution in [1.82, 2.24) is 0 Å². The molecular formula is C24H24Cl2Ti. The molecule has 0 saturated heterocycles. The van der Waals surface area contributed by atoms with Gasteiger partial charge < -0.3 is 24.8 Å². The Morgan fingerprint density at radius 3 is 2.04 bits per heavy atom. The zero-order valence-corrected chi connectivity index (χ0v) is 18.7. The van der Waals surface area contributed by atoms with Crippen LogP contribution >= 0.6 is 0 Å². The topological polar surface area (TPSA) is 0 Å². The van der Waals surface area contributed by atoms with Crippen molar-refractivity contribution in [1.29, 1.82) is 0 Å². The Hall–Kier alpha value is -1.05. The number of allylic oxidation sites excluding steroid dienone is 5. The van der Waals surface area contributed by atoms with Crippen molar-refractivity contribution >= 4 is 0 Å². The van der Waals surface area contributed by atoms with Gasteiger partial charge in [0.1, 0.15) is 0 Å². The third-order valence-corrected chi connectivity index (χ3v) is 5.84. The molecule has 0 spiro atoms. The van der Waals surface area contributed by atoms with E-state index in [4.69, 9.17) is 0 Å². The molecule has 4 rings (SSSR count). The first-order valence-electron chi connectivity index (χ1n) is 8.91. The summed E-state index contributed by atoms with van der Waals surface area (Å²) in [5.41, 5.74) is 7.47. The van der Waals surface area contributed by atoms with Gasteiger partial charge in [0, 0.05) is 11.3 Å². The molecule has 2 aromatic carbocycles. The molecule has 2 aliphatic carbocycles. The van der Waals surface area contributed by atoms with Gasteiger partial charge in [-0.1, -0.05) is 85.3 Å². The van der Waals surface area contributed by atoms with Gasteiger partial charge in [-0.05, 0) is 41.5 Å². The second-order valence-corrected chi connectivity index (χ2v) is 7.18. The molecule has 0 saturated carbocycles. The van der Waals surface area contributed by atoms with E-state index in [1.54, 1.807) is 5.57 Å². The maximum Gasteiger partial charge on any atom is 2.00 e. The molecular weight excluding hydrogens is 407 g/mol. The van der Waals surface area contributed by atoms with Crippen molar-refractivity contribution in [3.8, 4) is 11.1 Å². The maximum absolute atomic E-state index is 3.97. The molecule has 27 heavy (non-hydrogen) atoms. The van der Waals surface area contributed by atoms with E-state index < -0.39 is 0 Å². The predicted molar refractivity (Wildman–Crippen MR) is 103 cm³/mol. The molecule has 2 aromatic rings. The van der Waals surface area contributed by atoms with Gasteiger partial charge in [0.2, 0.25) is 0 Å². The average molecular weight is 431 g/mol. The van der Waals surface area contributed by atoms with Crippen molar-refractivity contribution < 1.29 is 46.5 Å². The van der Waals surface area contributed by atoms with E-state index in [9.17, 15) is 0 Å². The molecule has 0 nitrogen and oxygen atoms in total. The molecule has 0 radical (unpaired) electrons. The SMILES string of the molecule is C=CCCC(C)(C1=CC=CC1)C1c2ccccc2-c2ccccc21.[Cl-].[Cl-].[Ti+2]. The predicted octanol–water partition coefficient (Wildman–Crippen LogP) is 0.663. The molecule has 0 aliphatic heterocycles. The van der Waals surface area contributed by atoms with Crippen molar-refractivity contribution in [2.75, 3.05) is 0 Å². The van der Waals surface area contributed by atoms with Crippen LogP contribution < -0.4 is 24.8 Å². The van der Waals surface area contributed by atoms with Crippen LogP contribution in [0.2, 0.25) is 0 Å². The summed E-state index contributed by atoms with van der Waals surface area (Å²) in [5.74, 6) is 0.427. The van der Waals surface area contributed by atoms with Crippen LogP contribution in [0.3, 0.4) is 0 Å². The first-order chi connectivity index (χ1) is 11.8. The second-order valence-electron chi connectivity index (χ2n) is 7.18. The van der Waals surface area contributed by atoms with Crippen LogP contribution in [-0.4, -0.2) is 0 Å². The van der Waals surface area contributed by atoms with Gasteiger partial charge in [-0.3, -0.25) is 0 Å². The molecule has 0 bridgehead atoms. The number of hydrogen-bond acceptors (Lipinski definition) is 0. The van der Waals surface area contributed by atoms with E-state index in [0.29, 0.717) is 5.92 Å². The summed E-state index contributed by atoms with van der Waals surface area (Å²) in [6.07, 6.45) is 12.2. The van der Waals surface area contributed by atoms with Crippen LogP contribution in [-0.2, 0) is 21.7 Å². The van der Waals surface area contributed by atoms with Crippen LogP contribution in [0.5, 0.6) is 0 Å². The minimum absolute atomic E-state index is 0. The molecule has 138 valence electrons. The second kappa shape index (κ2) is 9.94. The maximum atomic E-state index is 3.97.